The first-order chi connectivity index (χ1) is 16.6. The van der Waals surface area contributed by atoms with Gasteiger partial charge in [0, 0.05) is 37.8 Å². The number of halogens is 4. The van der Waals surface area contributed by atoms with Crippen LogP contribution in [0.1, 0.15) is 24.8 Å². The molecule has 2 unspecified atom stereocenters. The summed E-state index contributed by atoms with van der Waals surface area (Å²) in [4.78, 5) is 27.5. The zero-order valence-corrected chi connectivity index (χ0v) is 19.1. The summed E-state index contributed by atoms with van der Waals surface area (Å²) in [6, 6.07) is 10.3. The van der Waals surface area contributed by atoms with E-state index in [2.05, 4.69) is 15.4 Å². The first-order valence-electron chi connectivity index (χ1n) is 11.1. The van der Waals surface area contributed by atoms with E-state index in [0.717, 1.165) is 0 Å². The lowest BCUT2D eigenvalue weighted by molar-refractivity contribution is -0.274. The molecule has 1 fully saturated rings. The molecule has 2 aromatic carbocycles. The summed E-state index contributed by atoms with van der Waals surface area (Å²) in [7, 11) is 0. The van der Waals surface area contributed by atoms with Gasteiger partial charge in [-0.1, -0.05) is 12.1 Å². The van der Waals surface area contributed by atoms with Gasteiger partial charge < -0.3 is 25.0 Å². The summed E-state index contributed by atoms with van der Waals surface area (Å²) in [6.07, 6.45) is -4.84. The number of hydrogen-bond acceptors (Lipinski definition) is 5. The van der Waals surface area contributed by atoms with Gasteiger partial charge in [-0.2, -0.15) is 0 Å². The highest BCUT2D eigenvalue weighted by Gasteiger charge is 2.31. The van der Waals surface area contributed by atoms with E-state index < -0.39 is 18.1 Å². The standard InChI is InChI=1S/C24H27F4N3O4/c1-16(15-29-19-6-8-20(9-7-19)35-24(26,27)28)30-23(33)21(17-2-4-18(25)5-3-17)14-22(32)31-10-12-34-13-11-31/h2-9,16,21,29H,10-15H2,1H3,(H,30,33). The van der Waals surface area contributed by atoms with Crippen molar-refractivity contribution in [3.05, 3.63) is 59.9 Å². The number of morpholine rings is 1. The Labute approximate surface area is 200 Å². The van der Waals surface area contributed by atoms with E-state index in [0.29, 0.717) is 37.6 Å². The van der Waals surface area contributed by atoms with E-state index in [9.17, 15) is 27.2 Å². The van der Waals surface area contributed by atoms with Crippen LogP contribution in [0.15, 0.2) is 48.5 Å². The zero-order valence-electron chi connectivity index (χ0n) is 19.1. The molecule has 0 bridgehead atoms. The lowest BCUT2D eigenvalue weighted by atomic mass is 9.93. The maximum absolute atomic E-state index is 13.4. The number of nitrogens with zero attached hydrogens (tertiary/aromatic N) is 1. The molecule has 1 heterocycles. The number of carbonyl (C=O) groups is 2. The molecule has 3 rings (SSSR count). The van der Waals surface area contributed by atoms with Gasteiger partial charge in [-0.3, -0.25) is 9.59 Å². The van der Waals surface area contributed by atoms with Gasteiger partial charge in [0.15, 0.2) is 0 Å². The van der Waals surface area contributed by atoms with Gasteiger partial charge in [-0.15, -0.1) is 13.2 Å². The Balaban J connectivity index is 1.59. The molecule has 1 saturated heterocycles. The van der Waals surface area contributed by atoms with Crippen LogP contribution in [0.5, 0.6) is 5.75 Å². The van der Waals surface area contributed by atoms with Crippen molar-refractivity contribution in [3.63, 3.8) is 0 Å². The van der Waals surface area contributed by atoms with Gasteiger partial charge >= 0.3 is 6.36 Å². The van der Waals surface area contributed by atoms with Gasteiger partial charge in [0.25, 0.3) is 0 Å². The highest BCUT2D eigenvalue weighted by molar-refractivity contribution is 5.90. The molecule has 7 nitrogen and oxygen atoms in total. The summed E-state index contributed by atoms with van der Waals surface area (Å²) < 4.78 is 59.4. The second kappa shape index (κ2) is 11.9. The zero-order chi connectivity index (χ0) is 25.4. The maximum Gasteiger partial charge on any atom is 0.573 e. The number of hydrogen-bond donors (Lipinski definition) is 2. The van der Waals surface area contributed by atoms with Crippen LogP contribution in [-0.4, -0.2) is 62.0 Å². The average molecular weight is 497 g/mol. The Morgan fingerprint density at radius 3 is 2.29 bits per heavy atom. The Morgan fingerprint density at radius 1 is 1.06 bits per heavy atom. The molecule has 0 spiro atoms. The fourth-order valence-electron chi connectivity index (χ4n) is 3.61. The van der Waals surface area contributed by atoms with Crippen LogP contribution in [0.25, 0.3) is 0 Å². The SMILES string of the molecule is CC(CNc1ccc(OC(F)(F)F)cc1)NC(=O)C(CC(=O)N1CCOCC1)c1ccc(F)cc1. The van der Waals surface area contributed by atoms with Gasteiger partial charge in [0.1, 0.15) is 11.6 Å². The molecule has 35 heavy (non-hydrogen) atoms. The lowest BCUT2D eigenvalue weighted by Gasteiger charge is -2.29. The van der Waals surface area contributed by atoms with Gasteiger partial charge in [-0.25, -0.2) is 4.39 Å². The van der Waals surface area contributed by atoms with E-state index in [4.69, 9.17) is 4.74 Å². The molecular formula is C24H27F4N3O4. The number of carbonyl (C=O) groups excluding carboxylic acids is 2. The molecule has 0 aliphatic carbocycles. The molecule has 0 saturated carbocycles. The molecule has 1 aliphatic rings. The number of rotatable bonds is 9. The van der Waals surface area contributed by atoms with Gasteiger partial charge in [-0.05, 0) is 48.9 Å². The van der Waals surface area contributed by atoms with Crippen LogP contribution in [0, 0.1) is 5.82 Å². The molecule has 190 valence electrons. The summed E-state index contributed by atoms with van der Waals surface area (Å²) in [5, 5.41) is 5.88. The number of anilines is 1. The van der Waals surface area contributed by atoms with Crippen LogP contribution < -0.4 is 15.4 Å². The highest BCUT2D eigenvalue weighted by Crippen LogP contribution is 2.24. The van der Waals surface area contributed by atoms with Crippen molar-refractivity contribution in [2.45, 2.75) is 31.7 Å². The topological polar surface area (TPSA) is 79.9 Å². The minimum absolute atomic E-state index is 0.0711. The Morgan fingerprint density at radius 2 is 1.69 bits per heavy atom. The Bertz CT molecular complexity index is 978. The third-order valence-electron chi connectivity index (χ3n) is 5.42. The first kappa shape index (κ1) is 26.3. The van der Waals surface area contributed by atoms with Crippen molar-refractivity contribution in [2.75, 3.05) is 38.2 Å². The second-order valence-corrected chi connectivity index (χ2v) is 8.16. The summed E-state index contributed by atoms with van der Waals surface area (Å²) >= 11 is 0. The molecule has 2 N–H and O–H groups in total. The molecule has 2 atom stereocenters. The summed E-state index contributed by atoms with van der Waals surface area (Å²) in [5.74, 6) is -2.17. The summed E-state index contributed by atoms with van der Waals surface area (Å²) in [5.41, 5.74) is 1.06. The number of nitrogens with one attached hydrogen (secondary N) is 2. The molecular weight excluding hydrogens is 470 g/mol. The first-order valence-corrected chi connectivity index (χ1v) is 11.1. The van der Waals surface area contributed by atoms with E-state index in [1.54, 1.807) is 11.8 Å². The number of amides is 2. The normalized spacial score (nSPS) is 15.7. The second-order valence-electron chi connectivity index (χ2n) is 8.16. The third kappa shape index (κ3) is 8.43. The molecule has 2 amide bonds. The molecule has 1 aliphatic heterocycles. The Kier molecular flexibility index (Phi) is 8.91. The number of ether oxygens (including phenoxy) is 2. The quantitative estimate of drug-likeness (QED) is 0.517. The monoisotopic (exact) mass is 497 g/mol. The minimum atomic E-state index is -4.77. The molecule has 0 radical (unpaired) electrons. The van der Waals surface area contributed by atoms with Crippen LogP contribution >= 0.6 is 0 Å². The number of alkyl halides is 3. The third-order valence-corrected chi connectivity index (χ3v) is 5.42. The highest BCUT2D eigenvalue weighted by atomic mass is 19.4. The average Bonchev–Trinajstić information content (AvgIpc) is 2.82. The van der Waals surface area contributed by atoms with Crippen LogP contribution in [-0.2, 0) is 14.3 Å². The predicted molar refractivity (Wildman–Crippen MR) is 120 cm³/mol. The van der Waals surface area contributed by atoms with Crippen molar-refractivity contribution in [1.29, 1.82) is 0 Å². The summed E-state index contributed by atoms with van der Waals surface area (Å²) in [6.45, 7) is 3.79. The van der Waals surface area contributed by atoms with E-state index in [1.165, 1.54) is 48.5 Å². The smallest absolute Gasteiger partial charge is 0.406 e. The minimum Gasteiger partial charge on any atom is -0.406 e. The lowest BCUT2D eigenvalue weighted by Crippen LogP contribution is -2.44. The van der Waals surface area contributed by atoms with Crippen molar-refractivity contribution in [3.8, 4) is 5.75 Å². The molecule has 0 aromatic heterocycles. The van der Waals surface area contributed by atoms with Gasteiger partial charge in [0.05, 0.1) is 19.1 Å². The van der Waals surface area contributed by atoms with Crippen molar-refractivity contribution in [1.82, 2.24) is 10.2 Å². The molecule has 11 heteroatoms. The van der Waals surface area contributed by atoms with Crippen LogP contribution in [0.3, 0.4) is 0 Å². The van der Waals surface area contributed by atoms with Crippen molar-refractivity contribution in [2.24, 2.45) is 0 Å². The number of benzene rings is 2. The Hall–Kier alpha value is -3.34. The largest absolute Gasteiger partial charge is 0.573 e. The van der Waals surface area contributed by atoms with Crippen LogP contribution in [0.4, 0.5) is 23.2 Å². The van der Waals surface area contributed by atoms with E-state index in [-0.39, 0.29) is 36.6 Å². The van der Waals surface area contributed by atoms with Gasteiger partial charge in [0.2, 0.25) is 11.8 Å². The van der Waals surface area contributed by atoms with E-state index in [1.807, 2.05) is 0 Å². The van der Waals surface area contributed by atoms with Crippen molar-refractivity contribution < 1.29 is 36.6 Å². The van der Waals surface area contributed by atoms with E-state index >= 15 is 0 Å². The molecule has 2 aromatic rings. The fourth-order valence-corrected chi connectivity index (χ4v) is 3.61. The van der Waals surface area contributed by atoms with Crippen LogP contribution in [0.2, 0.25) is 0 Å². The predicted octanol–water partition coefficient (Wildman–Crippen LogP) is 3.67. The maximum atomic E-state index is 13.4. The fraction of sp³-hybridized carbons (Fsp3) is 0.417. The van der Waals surface area contributed by atoms with Crippen molar-refractivity contribution >= 4 is 17.5 Å².